The Kier molecular flexibility index (Phi) is 2.15. The summed E-state index contributed by atoms with van der Waals surface area (Å²) in [6.45, 7) is 0. The molecule has 0 amide bonds. The molecule has 0 bridgehead atoms. The predicted octanol–water partition coefficient (Wildman–Crippen LogP) is 2.93. The van der Waals surface area contributed by atoms with Gasteiger partial charge in [0.05, 0.1) is 4.88 Å². The molecule has 3 heterocycles. The Morgan fingerprint density at radius 2 is 2.25 bits per heavy atom. The molecule has 0 saturated heterocycles. The lowest BCUT2D eigenvalue weighted by Crippen LogP contribution is -2.06. The van der Waals surface area contributed by atoms with E-state index in [0.717, 1.165) is 4.88 Å². The number of ketones is 1. The number of rotatable bonds is 2. The van der Waals surface area contributed by atoms with E-state index >= 15 is 0 Å². The summed E-state index contributed by atoms with van der Waals surface area (Å²) in [4.78, 5) is 12.9. The van der Waals surface area contributed by atoms with Gasteiger partial charge in [-0.1, -0.05) is 0 Å². The first-order chi connectivity index (χ1) is 7.75. The van der Waals surface area contributed by atoms with Gasteiger partial charge in [0.15, 0.2) is 0 Å². The van der Waals surface area contributed by atoms with Crippen LogP contribution in [0, 0.1) is 0 Å². The third-order valence-electron chi connectivity index (χ3n) is 2.42. The zero-order chi connectivity index (χ0) is 11.1. The second-order valence-electron chi connectivity index (χ2n) is 3.43. The van der Waals surface area contributed by atoms with Crippen LogP contribution in [-0.4, -0.2) is 15.6 Å². The van der Waals surface area contributed by atoms with Gasteiger partial charge in [-0.25, -0.2) is 0 Å². The van der Waals surface area contributed by atoms with Gasteiger partial charge in [0, 0.05) is 22.6 Å². The minimum Gasteiger partial charge on any atom is -0.286 e. The Bertz CT molecular complexity index is 634. The van der Waals surface area contributed by atoms with E-state index in [-0.39, 0.29) is 5.78 Å². The maximum atomic E-state index is 12.2. The van der Waals surface area contributed by atoms with Crippen molar-refractivity contribution in [2.75, 3.05) is 0 Å². The molecule has 3 nitrogen and oxygen atoms in total. The number of aromatic nitrogens is 2. The first-order valence-corrected chi connectivity index (χ1v) is 6.45. The first-order valence-electron chi connectivity index (χ1n) is 4.75. The summed E-state index contributed by atoms with van der Waals surface area (Å²) in [6.07, 6.45) is 1.64. The van der Waals surface area contributed by atoms with Gasteiger partial charge in [-0.2, -0.15) is 5.10 Å². The van der Waals surface area contributed by atoms with Gasteiger partial charge in [0.1, 0.15) is 5.69 Å². The molecule has 0 atom stereocenters. The molecule has 0 N–H and O–H groups in total. The van der Waals surface area contributed by atoms with Gasteiger partial charge < -0.3 is 0 Å². The molecular weight excluding hydrogens is 240 g/mol. The molecule has 0 saturated carbocycles. The maximum absolute atomic E-state index is 12.2. The number of carbonyl (C=O) groups is 1. The molecule has 5 heteroatoms. The van der Waals surface area contributed by atoms with Crippen molar-refractivity contribution in [1.29, 1.82) is 0 Å². The molecule has 0 fully saturated rings. The van der Waals surface area contributed by atoms with Crippen molar-refractivity contribution in [2.45, 2.75) is 0 Å². The van der Waals surface area contributed by atoms with Crippen molar-refractivity contribution in [3.8, 4) is 0 Å². The Labute approximate surface area is 99.9 Å². The Hall–Kier alpha value is -1.46. The van der Waals surface area contributed by atoms with Gasteiger partial charge in [0.2, 0.25) is 5.78 Å². The molecule has 3 aromatic heterocycles. The molecule has 3 aromatic rings. The van der Waals surface area contributed by atoms with Crippen LogP contribution in [0.2, 0.25) is 0 Å². The van der Waals surface area contributed by atoms with Crippen LogP contribution in [0.25, 0.3) is 9.40 Å². The van der Waals surface area contributed by atoms with E-state index in [9.17, 15) is 4.79 Å². The Morgan fingerprint density at radius 3 is 2.94 bits per heavy atom. The summed E-state index contributed by atoms with van der Waals surface area (Å²) < 4.78 is 3.96. The highest BCUT2D eigenvalue weighted by Crippen LogP contribution is 2.31. The van der Waals surface area contributed by atoms with E-state index in [1.165, 1.54) is 20.7 Å². The molecule has 0 unspecified atom stereocenters. The number of nitrogens with zero attached hydrogens (tertiary/aromatic N) is 2. The van der Waals surface area contributed by atoms with Crippen molar-refractivity contribution in [1.82, 2.24) is 9.78 Å². The number of carbonyl (C=O) groups excluding carboxylic acids is 1. The van der Waals surface area contributed by atoms with E-state index in [4.69, 9.17) is 0 Å². The van der Waals surface area contributed by atoms with Crippen molar-refractivity contribution >= 4 is 37.9 Å². The van der Waals surface area contributed by atoms with Crippen molar-refractivity contribution in [3.05, 3.63) is 40.3 Å². The Balaban J connectivity index is 2.08. The average Bonchev–Trinajstić information content (AvgIpc) is 2.89. The standard InChI is InChI=1S/C11H8N2OS2/c1-13-7(2-4-12-13)11(14)10-6-9-8(16-10)3-5-15-9/h2-6H,1H3. The van der Waals surface area contributed by atoms with E-state index in [2.05, 4.69) is 5.10 Å². The third-order valence-corrected chi connectivity index (χ3v) is 4.51. The predicted molar refractivity (Wildman–Crippen MR) is 66.3 cm³/mol. The third kappa shape index (κ3) is 1.40. The second kappa shape index (κ2) is 3.54. The van der Waals surface area contributed by atoms with E-state index in [1.807, 2.05) is 17.5 Å². The van der Waals surface area contributed by atoms with Gasteiger partial charge in [-0.3, -0.25) is 9.48 Å². The number of aryl methyl sites for hydroxylation is 1. The molecule has 0 aliphatic carbocycles. The topological polar surface area (TPSA) is 34.9 Å². The van der Waals surface area contributed by atoms with Gasteiger partial charge in [0.25, 0.3) is 0 Å². The maximum Gasteiger partial charge on any atom is 0.220 e. The number of hydrogen-bond donors (Lipinski definition) is 0. The lowest BCUT2D eigenvalue weighted by Gasteiger charge is -1.97. The minimum absolute atomic E-state index is 0.0494. The highest BCUT2D eigenvalue weighted by atomic mass is 32.1. The SMILES string of the molecule is Cn1nccc1C(=O)c1cc2sccc2s1. The van der Waals surface area contributed by atoms with E-state index in [1.54, 1.807) is 35.3 Å². The van der Waals surface area contributed by atoms with Crippen LogP contribution in [0.1, 0.15) is 15.4 Å². The second-order valence-corrected chi connectivity index (χ2v) is 5.46. The highest BCUT2D eigenvalue weighted by molar-refractivity contribution is 7.28. The average molecular weight is 248 g/mol. The van der Waals surface area contributed by atoms with Crippen molar-refractivity contribution in [3.63, 3.8) is 0 Å². The molecule has 0 aromatic carbocycles. The van der Waals surface area contributed by atoms with Crippen LogP contribution in [0.3, 0.4) is 0 Å². The van der Waals surface area contributed by atoms with Crippen LogP contribution in [0.5, 0.6) is 0 Å². The fourth-order valence-corrected chi connectivity index (χ4v) is 3.66. The van der Waals surface area contributed by atoms with Gasteiger partial charge in [-0.15, -0.1) is 22.7 Å². The summed E-state index contributed by atoms with van der Waals surface area (Å²) in [7, 11) is 1.78. The largest absolute Gasteiger partial charge is 0.286 e. The van der Waals surface area contributed by atoms with Crippen LogP contribution in [0.15, 0.2) is 29.8 Å². The number of hydrogen-bond acceptors (Lipinski definition) is 4. The first kappa shape index (κ1) is 9.74. The van der Waals surface area contributed by atoms with Crippen LogP contribution >= 0.6 is 22.7 Å². The lowest BCUT2D eigenvalue weighted by atomic mass is 10.2. The quantitative estimate of drug-likeness (QED) is 0.654. The van der Waals surface area contributed by atoms with Crippen LogP contribution < -0.4 is 0 Å². The minimum atomic E-state index is 0.0494. The smallest absolute Gasteiger partial charge is 0.220 e. The summed E-state index contributed by atoms with van der Waals surface area (Å²) in [5.41, 5.74) is 0.633. The zero-order valence-corrected chi connectivity index (χ0v) is 10.1. The van der Waals surface area contributed by atoms with Crippen molar-refractivity contribution < 1.29 is 4.79 Å². The molecule has 3 rings (SSSR count). The molecule has 0 radical (unpaired) electrons. The molecule has 0 spiro atoms. The molecule has 16 heavy (non-hydrogen) atoms. The number of fused-ring (bicyclic) bond motifs is 1. The normalized spacial score (nSPS) is 11.1. The molecule has 0 aliphatic heterocycles. The fraction of sp³-hybridized carbons (Fsp3) is 0.0909. The van der Waals surface area contributed by atoms with Crippen molar-refractivity contribution in [2.24, 2.45) is 7.05 Å². The highest BCUT2D eigenvalue weighted by Gasteiger charge is 2.15. The summed E-state index contributed by atoms with van der Waals surface area (Å²) in [5, 5.41) is 6.05. The molecule has 80 valence electrons. The molecule has 0 aliphatic rings. The summed E-state index contributed by atoms with van der Waals surface area (Å²) >= 11 is 3.20. The van der Waals surface area contributed by atoms with E-state index in [0.29, 0.717) is 5.69 Å². The Morgan fingerprint density at radius 1 is 1.38 bits per heavy atom. The van der Waals surface area contributed by atoms with E-state index < -0.39 is 0 Å². The van der Waals surface area contributed by atoms with Gasteiger partial charge in [-0.05, 0) is 23.6 Å². The van der Waals surface area contributed by atoms with Gasteiger partial charge >= 0.3 is 0 Å². The monoisotopic (exact) mass is 248 g/mol. The van der Waals surface area contributed by atoms with Crippen LogP contribution in [-0.2, 0) is 7.05 Å². The summed E-state index contributed by atoms with van der Waals surface area (Å²) in [6, 6.07) is 5.75. The summed E-state index contributed by atoms with van der Waals surface area (Å²) in [5.74, 6) is 0.0494. The lowest BCUT2D eigenvalue weighted by molar-refractivity contribution is 0.103. The zero-order valence-electron chi connectivity index (χ0n) is 8.51. The number of thiophene rings is 2. The molecular formula is C11H8N2OS2. The van der Waals surface area contributed by atoms with Crippen LogP contribution in [0.4, 0.5) is 0 Å². The fourth-order valence-electron chi connectivity index (χ4n) is 1.60.